The summed E-state index contributed by atoms with van der Waals surface area (Å²) in [5.74, 6) is 1.36. The van der Waals surface area contributed by atoms with E-state index >= 15 is 0 Å². The Morgan fingerprint density at radius 2 is 1.74 bits per heavy atom. The van der Waals surface area contributed by atoms with Gasteiger partial charge >= 0.3 is 0 Å². The van der Waals surface area contributed by atoms with Gasteiger partial charge in [-0.25, -0.2) is 9.97 Å². The van der Waals surface area contributed by atoms with Crippen molar-refractivity contribution in [3.63, 3.8) is 0 Å². The van der Waals surface area contributed by atoms with Crippen LogP contribution < -0.4 is 9.47 Å². The van der Waals surface area contributed by atoms with Crippen molar-refractivity contribution in [3.05, 3.63) is 76.6 Å². The maximum atomic E-state index is 9.84. The molecule has 1 N–H and O–H groups in total. The minimum atomic E-state index is -0.337. The van der Waals surface area contributed by atoms with Crippen molar-refractivity contribution < 1.29 is 19.3 Å². The van der Waals surface area contributed by atoms with Gasteiger partial charge in [0.15, 0.2) is 5.16 Å². The van der Waals surface area contributed by atoms with Crippen LogP contribution in [-0.2, 0) is 23.2 Å². The summed E-state index contributed by atoms with van der Waals surface area (Å²) in [5.41, 5.74) is 4.13. The van der Waals surface area contributed by atoms with Gasteiger partial charge in [-0.05, 0) is 53.6 Å². The summed E-state index contributed by atoms with van der Waals surface area (Å²) < 4.78 is 17.1. The van der Waals surface area contributed by atoms with Gasteiger partial charge in [0.2, 0.25) is 0 Å². The van der Waals surface area contributed by atoms with E-state index in [1.54, 1.807) is 6.20 Å². The summed E-state index contributed by atoms with van der Waals surface area (Å²) in [6.45, 7) is 11.6. The topological polar surface area (TPSA) is 97.5 Å². The van der Waals surface area contributed by atoms with Gasteiger partial charge in [0.05, 0.1) is 31.1 Å². The number of benzene rings is 2. The summed E-state index contributed by atoms with van der Waals surface area (Å²) in [6, 6.07) is 16.2. The first-order chi connectivity index (χ1) is 18.4. The van der Waals surface area contributed by atoms with E-state index in [1.165, 1.54) is 11.8 Å². The number of aromatic nitrogens is 2. The number of hydrogen-bond donors (Lipinski definition) is 1. The summed E-state index contributed by atoms with van der Waals surface area (Å²) in [5, 5.41) is 19.4. The lowest BCUT2D eigenvalue weighted by Crippen LogP contribution is -2.20. The molecular weight excluding hydrogens is 498 g/mol. The van der Waals surface area contributed by atoms with Gasteiger partial charge in [-0.2, -0.15) is 5.26 Å². The highest BCUT2D eigenvalue weighted by Crippen LogP contribution is 2.37. The van der Waals surface area contributed by atoms with Gasteiger partial charge in [0.25, 0.3) is 0 Å². The molecule has 1 heterocycles. The zero-order valence-corrected chi connectivity index (χ0v) is 24.1. The monoisotopic (exact) mass is 537 g/mol. The Morgan fingerprint density at radius 1 is 1.00 bits per heavy atom. The van der Waals surface area contributed by atoms with E-state index in [4.69, 9.17) is 19.3 Å². The zero-order valence-electron chi connectivity index (χ0n) is 23.3. The summed E-state index contributed by atoms with van der Waals surface area (Å²) in [4.78, 5) is 8.64. The molecule has 38 heavy (non-hydrogen) atoms. The average Bonchev–Trinajstić information content (AvgIpc) is 2.97. The quantitative estimate of drug-likeness (QED) is 0.162. The van der Waals surface area contributed by atoms with Crippen molar-refractivity contribution in [2.24, 2.45) is 0 Å². The smallest absolute Gasteiger partial charge is 0.187 e. The first-order valence-corrected chi connectivity index (χ1v) is 14.1. The average molecular weight is 538 g/mol. The van der Waals surface area contributed by atoms with Gasteiger partial charge in [-0.3, -0.25) is 0 Å². The molecule has 0 aliphatic rings. The van der Waals surface area contributed by atoms with Crippen LogP contribution in [0.1, 0.15) is 62.6 Å². The van der Waals surface area contributed by atoms with Crippen LogP contribution in [0.15, 0.2) is 53.8 Å². The second-order valence-electron chi connectivity index (χ2n) is 8.63. The number of rotatable bonds is 13. The molecule has 0 spiro atoms. The molecule has 8 heteroatoms. The highest BCUT2D eigenvalue weighted by Gasteiger charge is 2.26. The van der Waals surface area contributed by atoms with Crippen molar-refractivity contribution in [2.75, 3.05) is 32.7 Å². The molecule has 0 saturated carbocycles. The van der Waals surface area contributed by atoms with Gasteiger partial charge in [0.1, 0.15) is 30.8 Å². The summed E-state index contributed by atoms with van der Waals surface area (Å²) in [7, 11) is 0. The molecular formula is C30H39N3O4S. The Kier molecular flexibility index (Phi) is 13.1. The molecule has 0 saturated heterocycles. The third-order valence-electron chi connectivity index (χ3n) is 5.94. The lowest BCUT2D eigenvalue weighted by Gasteiger charge is -2.28. The number of ether oxygens (including phenoxy) is 3. The minimum Gasteiger partial charge on any atom is -0.490 e. The van der Waals surface area contributed by atoms with E-state index in [2.05, 4.69) is 48.1 Å². The minimum absolute atomic E-state index is 0.0263. The third kappa shape index (κ3) is 8.45. The van der Waals surface area contributed by atoms with Crippen molar-refractivity contribution >= 4 is 11.8 Å². The predicted octanol–water partition coefficient (Wildman–Crippen LogP) is 5.95. The zero-order chi connectivity index (χ0) is 28.0. The molecule has 0 unspecified atom stereocenters. The lowest BCUT2D eigenvalue weighted by molar-refractivity contribution is 0.0702. The Bertz CT molecular complexity index is 1180. The fourth-order valence-corrected chi connectivity index (χ4v) is 4.16. The molecule has 2 aromatic carbocycles. The van der Waals surface area contributed by atoms with Crippen molar-refractivity contribution in [1.82, 2.24) is 9.97 Å². The number of aliphatic hydroxyl groups excluding tert-OH is 1. The van der Waals surface area contributed by atoms with Crippen LogP contribution in [0.3, 0.4) is 0 Å². The largest absolute Gasteiger partial charge is 0.490 e. The van der Waals surface area contributed by atoms with Gasteiger partial charge < -0.3 is 19.3 Å². The number of thioether (sulfide) groups is 1. The Labute approximate surface area is 231 Å². The van der Waals surface area contributed by atoms with Crippen LogP contribution in [0.5, 0.6) is 11.5 Å². The Morgan fingerprint density at radius 3 is 2.37 bits per heavy atom. The van der Waals surface area contributed by atoms with Crippen molar-refractivity contribution in [3.8, 4) is 17.6 Å². The number of aryl methyl sites for hydroxylation is 1. The van der Waals surface area contributed by atoms with Crippen molar-refractivity contribution in [2.45, 2.75) is 58.2 Å². The number of hydrogen-bond acceptors (Lipinski definition) is 8. The number of aliphatic hydroxyl groups is 1. The third-order valence-corrected chi connectivity index (χ3v) is 6.50. The molecule has 0 amide bonds. The van der Waals surface area contributed by atoms with E-state index in [0.717, 1.165) is 39.7 Å². The number of nitriles is 1. The highest BCUT2D eigenvalue weighted by molar-refractivity contribution is 7.98. The standard InChI is InChI=1S/C28H33N3O4S.C2H6/c1-5-20-16-23(17-21(18-29)26(20)34-15-14-33-13-12-32)28(2,3)22-6-8-25(9-7-22)35-19-24-10-11-30-27(31-24)36-4;1-2/h6-11,16-17,32H,5,12-15,19H2,1-4H3;1-2H3. The maximum absolute atomic E-state index is 9.84. The first-order valence-electron chi connectivity index (χ1n) is 12.9. The van der Waals surface area contributed by atoms with Gasteiger partial charge in [-0.1, -0.05) is 64.6 Å². The fraction of sp³-hybridized carbons (Fsp3) is 0.433. The molecule has 3 aromatic rings. The van der Waals surface area contributed by atoms with E-state index < -0.39 is 0 Å². The molecule has 0 atom stereocenters. The SMILES string of the molecule is CC.CCc1cc(C(C)(C)c2ccc(OCc3ccnc(SC)n3)cc2)cc(C#N)c1OCCOCCO. The molecule has 0 aliphatic carbocycles. The Hall–Kier alpha value is -3.12. The first kappa shape index (κ1) is 31.1. The van der Waals surface area contributed by atoms with E-state index in [-0.39, 0.29) is 18.6 Å². The van der Waals surface area contributed by atoms with Crippen LogP contribution in [0.4, 0.5) is 0 Å². The van der Waals surface area contributed by atoms with Gasteiger partial charge in [-0.15, -0.1) is 0 Å². The summed E-state index contributed by atoms with van der Waals surface area (Å²) >= 11 is 1.50. The maximum Gasteiger partial charge on any atom is 0.187 e. The second-order valence-corrected chi connectivity index (χ2v) is 9.41. The molecule has 204 valence electrons. The molecule has 0 fully saturated rings. The van der Waals surface area contributed by atoms with E-state index in [1.807, 2.05) is 51.3 Å². The molecule has 0 radical (unpaired) electrons. The Balaban J connectivity index is 0.00000247. The second kappa shape index (κ2) is 16.0. The van der Waals surface area contributed by atoms with E-state index in [0.29, 0.717) is 31.1 Å². The molecule has 1 aromatic heterocycles. The van der Waals surface area contributed by atoms with Gasteiger partial charge in [0, 0.05) is 11.6 Å². The van der Waals surface area contributed by atoms with Crippen LogP contribution in [0.25, 0.3) is 0 Å². The highest BCUT2D eigenvalue weighted by atomic mass is 32.2. The molecule has 3 rings (SSSR count). The van der Waals surface area contributed by atoms with E-state index in [9.17, 15) is 5.26 Å². The van der Waals surface area contributed by atoms with Crippen molar-refractivity contribution in [1.29, 1.82) is 5.26 Å². The van der Waals surface area contributed by atoms with Crippen LogP contribution in [-0.4, -0.2) is 47.8 Å². The molecule has 0 bridgehead atoms. The van der Waals surface area contributed by atoms with Crippen LogP contribution in [0, 0.1) is 11.3 Å². The summed E-state index contributed by atoms with van der Waals surface area (Å²) in [6.07, 6.45) is 4.42. The van der Waals surface area contributed by atoms with Crippen LogP contribution >= 0.6 is 11.8 Å². The predicted molar refractivity (Wildman–Crippen MR) is 152 cm³/mol. The number of nitrogens with zero attached hydrogens (tertiary/aromatic N) is 3. The fourth-order valence-electron chi connectivity index (χ4n) is 3.78. The van der Waals surface area contributed by atoms with Crippen LogP contribution in [0.2, 0.25) is 0 Å². The lowest BCUT2D eigenvalue weighted by atomic mass is 9.77. The molecule has 7 nitrogen and oxygen atoms in total. The normalized spacial score (nSPS) is 10.8. The molecule has 0 aliphatic heterocycles.